The number of nitrogens with zero attached hydrogens (tertiary/aromatic N) is 3. The molecule has 0 saturated heterocycles. The van der Waals surface area contributed by atoms with Crippen molar-refractivity contribution in [2.45, 2.75) is 44.9 Å². The van der Waals surface area contributed by atoms with Crippen LogP contribution in [0, 0.1) is 6.92 Å². The second-order valence-corrected chi connectivity index (χ2v) is 8.87. The van der Waals surface area contributed by atoms with Crippen LogP contribution in [0.4, 0.5) is 23.3 Å². The van der Waals surface area contributed by atoms with Crippen molar-refractivity contribution >= 4 is 29.1 Å². The van der Waals surface area contributed by atoms with Gasteiger partial charge in [-0.15, -0.1) is 0 Å². The van der Waals surface area contributed by atoms with E-state index in [1.54, 1.807) is 6.20 Å². The van der Waals surface area contributed by atoms with E-state index in [9.17, 15) is 4.79 Å². The maximum absolute atomic E-state index is 12.6. The van der Waals surface area contributed by atoms with Crippen LogP contribution in [-0.2, 0) is 6.42 Å². The van der Waals surface area contributed by atoms with E-state index in [-0.39, 0.29) is 5.78 Å². The fraction of sp³-hybridized carbons (Fsp3) is 0.259. The third kappa shape index (κ3) is 5.31. The molecule has 0 spiro atoms. The van der Waals surface area contributed by atoms with Crippen LogP contribution < -0.4 is 10.6 Å². The number of H-pyrrole nitrogens is 1. The van der Waals surface area contributed by atoms with Crippen LogP contribution in [0.2, 0.25) is 0 Å². The lowest BCUT2D eigenvalue weighted by Crippen LogP contribution is -2.04. The molecule has 5 rings (SSSR count). The van der Waals surface area contributed by atoms with E-state index in [1.165, 1.54) is 31.4 Å². The van der Waals surface area contributed by atoms with Crippen LogP contribution in [0.1, 0.15) is 58.8 Å². The molecule has 0 aliphatic heterocycles. The summed E-state index contributed by atoms with van der Waals surface area (Å²) in [4.78, 5) is 21.4. The molecule has 1 aliphatic carbocycles. The van der Waals surface area contributed by atoms with Crippen LogP contribution in [-0.4, -0.2) is 25.9 Å². The summed E-state index contributed by atoms with van der Waals surface area (Å²) in [6.45, 7) is 1.99. The molecule has 2 heterocycles. The highest BCUT2D eigenvalue weighted by Crippen LogP contribution is 2.34. The average molecular weight is 453 g/mol. The number of hydrogen-bond acceptors (Lipinski definition) is 6. The molecule has 0 bridgehead atoms. The predicted octanol–water partition coefficient (Wildman–Crippen LogP) is 6.08. The van der Waals surface area contributed by atoms with E-state index in [0.29, 0.717) is 24.1 Å². The lowest BCUT2D eigenvalue weighted by molar-refractivity contribution is 0.0993. The van der Waals surface area contributed by atoms with Gasteiger partial charge in [0.1, 0.15) is 5.82 Å². The number of Topliss-reactive ketones (excluding diaryl/α,β-unsaturated/α-hetero) is 1. The van der Waals surface area contributed by atoms with Gasteiger partial charge in [0.2, 0.25) is 5.95 Å². The van der Waals surface area contributed by atoms with E-state index in [0.717, 1.165) is 28.2 Å². The Morgan fingerprint density at radius 1 is 1.00 bits per heavy atom. The van der Waals surface area contributed by atoms with Gasteiger partial charge in [0.05, 0.1) is 0 Å². The standard InChI is InChI=1S/C27H28N6O/c1-18-5-4-8-21(15-18)24(34)16-19-9-11-22(12-10-19)29-27-28-14-13-25(31-27)30-26-17-23(32-33-26)20-6-2-3-7-20/h4-5,8-15,17,20H,2-3,6-7,16H2,1H3,(H3,28,29,30,31,32,33). The highest BCUT2D eigenvalue weighted by atomic mass is 16.1. The highest BCUT2D eigenvalue weighted by molar-refractivity contribution is 5.97. The molecule has 3 N–H and O–H groups in total. The molecule has 0 amide bonds. The van der Waals surface area contributed by atoms with Crippen molar-refractivity contribution in [3.8, 4) is 0 Å². The first-order valence-corrected chi connectivity index (χ1v) is 11.7. The minimum absolute atomic E-state index is 0.112. The fourth-order valence-electron chi connectivity index (χ4n) is 4.41. The Balaban J connectivity index is 1.20. The van der Waals surface area contributed by atoms with Gasteiger partial charge in [0.15, 0.2) is 11.6 Å². The summed E-state index contributed by atoms with van der Waals surface area (Å²) in [6.07, 6.45) is 7.10. The maximum Gasteiger partial charge on any atom is 0.229 e. The number of carbonyl (C=O) groups is 1. The Labute approximate surface area is 199 Å². The topological polar surface area (TPSA) is 95.6 Å². The molecule has 2 aromatic carbocycles. The number of hydrogen-bond donors (Lipinski definition) is 3. The lowest BCUT2D eigenvalue weighted by atomic mass is 10.0. The Morgan fingerprint density at radius 2 is 1.82 bits per heavy atom. The highest BCUT2D eigenvalue weighted by Gasteiger charge is 2.19. The van der Waals surface area contributed by atoms with Gasteiger partial charge in [-0.3, -0.25) is 9.89 Å². The number of anilines is 4. The quantitative estimate of drug-likeness (QED) is 0.281. The molecule has 4 aromatic rings. The predicted molar refractivity (Wildman–Crippen MR) is 134 cm³/mol. The number of carbonyl (C=O) groups excluding carboxylic acids is 1. The molecule has 7 heteroatoms. The smallest absolute Gasteiger partial charge is 0.229 e. The molecule has 1 aliphatic rings. The van der Waals surface area contributed by atoms with Gasteiger partial charge in [-0.2, -0.15) is 10.1 Å². The summed E-state index contributed by atoms with van der Waals surface area (Å²) >= 11 is 0. The third-order valence-electron chi connectivity index (χ3n) is 6.22. The first-order chi connectivity index (χ1) is 16.6. The number of rotatable bonds is 8. The second kappa shape index (κ2) is 9.87. The van der Waals surface area contributed by atoms with Gasteiger partial charge in [0.25, 0.3) is 0 Å². The summed E-state index contributed by atoms with van der Waals surface area (Å²) in [7, 11) is 0. The van der Waals surface area contributed by atoms with E-state index >= 15 is 0 Å². The van der Waals surface area contributed by atoms with Gasteiger partial charge in [-0.1, -0.05) is 48.7 Å². The number of aromatic nitrogens is 4. The average Bonchev–Trinajstić information content (AvgIpc) is 3.53. The van der Waals surface area contributed by atoms with E-state index in [4.69, 9.17) is 0 Å². The van der Waals surface area contributed by atoms with Crippen molar-refractivity contribution < 1.29 is 4.79 Å². The van der Waals surface area contributed by atoms with Crippen LogP contribution in [0.15, 0.2) is 66.9 Å². The first-order valence-electron chi connectivity index (χ1n) is 11.7. The number of benzene rings is 2. The zero-order chi connectivity index (χ0) is 23.3. The molecule has 2 aromatic heterocycles. The minimum Gasteiger partial charge on any atom is -0.324 e. The van der Waals surface area contributed by atoms with E-state index in [2.05, 4.69) is 36.9 Å². The van der Waals surface area contributed by atoms with Crippen molar-refractivity contribution in [1.29, 1.82) is 0 Å². The first kappa shape index (κ1) is 21.8. The van der Waals surface area contributed by atoms with Crippen molar-refractivity contribution in [3.05, 3.63) is 89.2 Å². The van der Waals surface area contributed by atoms with Gasteiger partial charge in [-0.05, 0) is 49.6 Å². The van der Waals surface area contributed by atoms with Gasteiger partial charge in [0, 0.05) is 41.5 Å². The fourth-order valence-corrected chi connectivity index (χ4v) is 4.41. The molecule has 0 unspecified atom stereocenters. The van der Waals surface area contributed by atoms with Crippen LogP contribution in [0.25, 0.3) is 0 Å². The molecule has 0 radical (unpaired) electrons. The van der Waals surface area contributed by atoms with Crippen LogP contribution >= 0.6 is 0 Å². The summed E-state index contributed by atoms with van der Waals surface area (Å²) in [6, 6.07) is 19.4. The number of ketones is 1. The second-order valence-electron chi connectivity index (χ2n) is 8.87. The third-order valence-corrected chi connectivity index (χ3v) is 6.22. The Kier molecular flexibility index (Phi) is 6.33. The summed E-state index contributed by atoms with van der Waals surface area (Å²) in [5, 5.41) is 14.0. The van der Waals surface area contributed by atoms with Crippen LogP contribution in [0.5, 0.6) is 0 Å². The molecule has 34 heavy (non-hydrogen) atoms. The maximum atomic E-state index is 12.6. The molecule has 0 atom stereocenters. The zero-order valence-electron chi connectivity index (χ0n) is 19.2. The molecule has 1 saturated carbocycles. The largest absolute Gasteiger partial charge is 0.324 e. The molecule has 1 fully saturated rings. The SMILES string of the molecule is Cc1cccc(C(=O)Cc2ccc(Nc3nccc(Nc4cc(C5CCCC5)[nH]n4)n3)cc2)c1. The molecular weight excluding hydrogens is 424 g/mol. The van der Waals surface area contributed by atoms with Gasteiger partial charge in [-0.25, -0.2) is 4.98 Å². The summed E-state index contributed by atoms with van der Waals surface area (Å²) in [5.74, 6) is 2.61. The van der Waals surface area contributed by atoms with Crippen LogP contribution in [0.3, 0.4) is 0 Å². The summed E-state index contributed by atoms with van der Waals surface area (Å²) < 4.78 is 0. The molecule has 7 nitrogen and oxygen atoms in total. The van der Waals surface area contributed by atoms with Crippen molar-refractivity contribution in [2.24, 2.45) is 0 Å². The number of nitrogens with one attached hydrogen (secondary N) is 3. The number of aryl methyl sites for hydroxylation is 1. The monoisotopic (exact) mass is 452 g/mol. The van der Waals surface area contributed by atoms with Gasteiger partial charge < -0.3 is 10.6 Å². The number of aromatic amines is 1. The van der Waals surface area contributed by atoms with Crippen molar-refractivity contribution in [3.63, 3.8) is 0 Å². The van der Waals surface area contributed by atoms with E-state index in [1.807, 2.05) is 61.5 Å². The molecule has 172 valence electrons. The van der Waals surface area contributed by atoms with Gasteiger partial charge >= 0.3 is 0 Å². The Morgan fingerprint density at radius 3 is 2.62 bits per heavy atom. The normalized spacial score (nSPS) is 13.7. The van der Waals surface area contributed by atoms with E-state index < -0.39 is 0 Å². The van der Waals surface area contributed by atoms with Crippen molar-refractivity contribution in [1.82, 2.24) is 20.2 Å². The summed E-state index contributed by atoms with van der Waals surface area (Å²) in [5.41, 5.74) is 4.83. The Bertz CT molecular complexity index is 1270. The lowest BCUT2D eigenvalue weighted by Gasteiger charge is -2.08. The molecular formula is C27H28N6O. The Hall–Kier alpha value is -4.00. The zero-order valence-corrected chi connectivity index (χ0v) is 19.2. The minimum atomic E-state index is 0.112. The van der Waals surface area contributed by atoms with Crippen molar-refractivity contribution in [2.75, 3.05) is 10.6 Å².